The summed E-state index contributed by atoms with van der Waals surface area (Å²) in [6, 6.07) is -0.929. The van der Waals surface area contributed by atoms with Gasteiger partial charge in [-0.3, -0.25) is 4.79 Å². The van der Waals surface area contributed by atoms with Gasteiger partial charge in [-0.1, -0.05) is 0 Å². The summed E-state index contributed by atoms with van der Waals surface area (Å²) in [5.41, 5.74) is 5.68. The molecule has 0 aromatic heterocycles. The zero-order chi connectivity index (χ0) is 15.6. The predicted molar refractivity (Wildman–Crippen MR) is 81.3 cm³/mol. The number of piperidine rings is 1. The largest absolute Gasteiger partial charge is 0.480 e. The molecule has 1 saturated heterocycles. The number of aliphatic carboxylic acids is 1. The molecule has 6 nitrogen and oxygen atoms in total. The van der Waals surface area contributed by atoms with Crippen LogP contribution in [0.2, 0.25) is 0 Å². The molecular weight excluding hydrogens is 300 g/mol. The Hall–Kier alpha value is -0.310. The van der Waals surface area contributed by atoms with Crippen molar-refractivity contribution in [3.63, 3.8) is 0 Å². The fourth-order valence-corrected chi connectivity index (χ4v) is 4.34. The second-order valence-corrected chi connectivity index (χ2v) is 9.52. The fourth-order valence-electron chi connectivity index (χ4n) is 2.18. The first-order valence-electron chi connectivity index (χ1n) is 6.61. The molecule has 118 valence electrons. The van der Waals surface area contributed by atoms with E-state index in [0.717, 1.165) is 18.6 Å². The third kappa shape index (κ3) is 4.91. The molecule has 0 aromatic carbocycles. The van der Waals surface area contributed by atoms with E-state index < -0.39 is 26.8 Å². The molecule has 0 aliphatic carbocycles. The van der Waals surface area contributed by atoms with Gasteiger partial charge in [0.15, 0.2) is 0 Å². The van der Waals surface area contributed by atoms with Gasteiger partial charge in [0.25, 0.3) is 0 Å². The van der Waals surface area contributed by atoms with Gasteiger partial charge in [0, 0.05) is 17.8 Å². The molecule has 0 saturated carbocycles. The Morgan fingerprint density at radius 1 is 1.55 bits per heavy atom. The van der Waals surface area contributed by atoms with E-state index in [4.69, 9.17) is 10.8 Å². The van der Waals surface area contributed by atoms with Gasteiger partial charge in [-0.25, -0.2) is 12.7 Å². The van der Waals surface area contributed by atoms with Crippen LogP contribution in [-0.2, 0) is 14.8 Å². The Bertz CT molecular complexity index is 450. The first kappa shape index (κ1) is 17.7. The summed E-state index contributed by atoms with van der Waals surface area (Å²) < 4.78 is 24.0. The maximum atomic E-state index is 11.6. The maximum Gasteiger partial charge on any atom is 0.321 e. The van der Waals surface area contributed by atoms with Crippen LogP contribution in [0.1, 0.15) is 26.7 Å². The second kappa shape index (κ2) is 6.64. The molecule has 2 atom stereocenters. The third-order valence-corrected chi connectivity index (χ3v) is 6.56. The van der Waals surface area contributed by atoms with E-state index in [-0.39, 0.29) is 5.92 Å². The number of hydrogen-bond donors (Lipinski definition) is 2. The number of thioether (sulfide) groups is 1. The Morgan fingerprint density at radius 2 is 2.15 bits per heavy atom. The molecule has 0 radical (unpaired) electrons. The van der Waals surface area contributed by atoms with Crippen molar-refractivity contribution in [3.8, 4) is 0 Å². The van der Waals surface area contributed by atoms with Crippen molar-refractivity contribution in [2.75, 3.05) is 25.1 Å². The number of carbonyl (C=O) groups is 1. The highest BCUT2D eigenvalue weighted by Gasteiger charge is 2.34. The first-order chi connectivity index (χ1) is 9.04. The third-order valence-electron chi connectivity index (χ3n) is 3.66. The van der Waals surface area contributed by atoms with Crippen LogP contribution in [0.4, 0.5) is 0 Å². The summed E-state index contributed by atoms with van der Waals surface area (Å²) in [5.74, 6) is -0.0346. The number of sulfonamides is 1. The lowest BCUT2D eigenvalue weighted by Gasteiger charge is -2.34. The lowest BCUT2D eigenvalue weighted by Crippen LogP contribution is -2.47. The molecule has 1 unspecified atom stereocenters. The number of hydrogen-bond acceptors (Lipinski definition) is 5. The van der Waals surface area contributed by atoms with Crippen molar-refractivity contribution in [3.05, 3.63) is 0 Å². The van der Waals surface area contributed by atoms with E-state index in [1.165, 1.54) is 22.3 Å². The summed E-state index contributed by atoms with van der Waals surface area (Å²) >= 11 is 1.51. The Balaban J connectivity index is 2.55. The highest BCUT2D eigenvalue weighted by molar-refractivity contribution is 8.00. The first-order valence-corrected chi connectivity index (χ1v) is 9.45. The molecule has 1 aliphatic heterocycles. The van der Waals surface area contributed by atoms with Crippen molar-refractivity contribution in [1.82, 2.24) is 4.31 Å². The quantitative estimate of drug-likeness (QED) is 0.741. The van der Waals surface area contributed by atoms with Crippen molar-refractivity contribution in [2.24, 2.45) is 11.7 Å². The topological polar surface area (TPSA) is 101 Å². The molecule has 1 heterocycles. The average molecular weight is 324 g/mol. The van der Waals surface area contributed by atoms with Crippen LogP contribution in [0.25, 0.3) is 0 Å². The van der Waals surface area contributed by atoms with E-state index in [9.17, 15) is 13.2 Å². The molecule has 8 heteroatoms. The average Bonchev–Trinajstić information content (AvgIpc) is 2.35. The fraction of sp³-hybridized carbons (Fsp3) is 0.917. The molecule has 1 aliphatic rings. The number of nitrogens with two attached hydrogens (primary N) is 1. The van der Waals surface area contributed by atoms with E-state index in [1.54, 1.807) is 0 Å². The van der Waals surface area contributed by atoms with Crippen LogP contribution in [0.15, 0.2) is 0 Å². The van der Waals surface area contributed by atoms with Crippen LogP contribution in [0, 0.1) is 5.92 Å². The summed E-state index contributed by atoms with van der Waals surface area (Å²) in [7, 11) is -3.14. The van der Waals surface area contributed by atoms with Gasteiger partial charge in [-0.15, -0.1) is 0 Å². The molecule has 0 amide bonds. The minimum atomic E-state index is -3.14. The van der Waals surface area contributed by atoms with Gasteiger partial charge in [-0.05, 0) is 38.4 Å². The molecule has 20 heavy (non-hydrogen) atoms. The number of rotatable bonds is 6. The van der Waals surface area contributed by atoms with E-state index in [2.05, 4.69) is 0 Å². The smallest absolute Gasteiger partial charge is 0.321 e. The minimum Gasteiger partial charge on any atom is -0.480 e. The van der Waals surface area contributed by atoms with Crippen LogP contribution in [-0.4, -0.2) is 59.7 Å². The maximum absolute atomic E-state index is 11.6. The Morgan fingerprint density at radius 3 is 2.65 bits per heavy atom. The Labute approximate surface area is 125 Å². The molecular formula is C12H24N2O4S2. The normalized spacial score (nSPS) is 23.5. The van der Waals surface area contributed by atoms with Crippen molar-refractivity contribution < 1.29 is 18.3 Å². The zero-order valence-electron chi connectivity index (χ0n) is 12.2. The number of nitrogens with zero attached hydrogens (tertiary/aromatic N) is 1. The van der Waals surface area contributed by atoms with E-state index in [1.807, 2.05) is 13.8 Å². The predicted octanol–water partition coefficient (Wildman–Crippen LogP) is 0.582. The van der Waals surface area contributed by atoms with Gasteiger partial charge in [0.2, 0.25) is 10.0 Å². The standard InChI is InChI=1S/C12H24N2O4S2/c1-12(2,10(13)11(15)16)19-8-9-5-4-6-14(7-9)20(3,17)18/h9-10H,4-8,13H2,1-3H3,(H,15,16)/t9?,10-/m0/s1. The van der Waals surface area contributed by atoms with E-state index >= 15 is 0 Å². The summed E-state index contributed by atoms with van der Waals surface area (Å²) in [4.78, 5) is 11.0. The van der Waals surface area contributed by atoms with Crippen LogP contribution in [0.5, 0.6) is 0 Å². The van der Waals surface area contributed by atoms with Crippen LogP contribution in [0.3, 0.4) is 0 Å². The van der Waals surface area contributed by atoms with Crippen LogP contribution < -0.4 is 5.73 Å². The molecule has 3 N–H and O–H groups in total. The molecule has 0 aromatic rings. The Kier molecular flexibility index (Phi) is 5.89. The summed E-state index contributed by atoms with van der Waals surface area (Å²) in [6.07, 6.45) is 3.05. The van der Waals surface area contributed by atoms with Crippen molar-refractivity contribution in [1.29, 1.82) is 0 Å². The van der Waals surface area contributed by atoms with Gasteiger partial charge in [0.05, 0.1) is 6.26 Å². The molecule has 1 rings (SSSR count). The second-order valence-electron chi connectivity index (χ2n) is 5.86. The van der Waals surface area contributed by atoms with Gasteiger partial charge >= 0.3 is 5.97 Å². The monoisotopic (exact) mass is 324 g/mol. The van der Waals surface area contributed by atoms with Crippen molar-refractivity contribution in [2.45, 2.75) is 37.5 Å². The van der Waals surface area contributed by atoms with Gasteiger partial charge in [0.1, 0.15) is 6.04 Å². The molecule has 0 bridgehead atoms. The van der Waals surface area contributed by atoms with Gasteiger partial charge in [-0.2, -0.15) is 11.8 Å². The zero-order valence-corrected chi connectivity index (χ0v) is 13.8. The molecule has 0 spiro atoms. The minimum absolute atomic E-state index is 0.253. The highest BCUT2D eigenvalue weighted by atomic mass is 32.2. The summed E-state index contributed by atoms with van der Waals surface area (Å²) in [5, 5.41) is 8.98. The van der Waals surface area contributed by atoms with E-state index in [0.29, 0.717) is 13.1 Å². The lowest BCUT2D eigenvalue weighted by atomic mass is 10.0. The lowest BCUT2D eigenvalue weighted by molar-refractivity contribution is -0.139. The number of carboxylic acid groups (broad SMARTS) is 1. The number of carboxylic acids is 1. The van der Waals surface area contributed by atoms with Gasteiger partial charge < -0.3 is 10.8 Å². The highest BCUT2D eigenvalue weighted by Crippen LogP contribution is 2.32. The SMILES string of the molecule is CC(C)(SCC1CCCN(S(C)(=O)=O)C1)[C@@H](N)C(=O)O. The molecule has 1 fully saturated rings. The summed E-state index contributed by atoms with van der Waals surface area (Å²) in [6.45, 7) is 4.73. The van der Waals surface area contributed by atoms with Crippen molar-refractivity contribution >= 4 is 27.8 Å². The van der Waals surface area contributed by atoms with Crippen LogP contribution >= 0.6 is 11.8 Å².